The molecule has 0 saturated carbocycles. The Kier molecular flexibility index (Phi) is 5.54. The zero-order chi connectivity index (χ0) is 18.5. The zero-order valence-electron chi connectivity index (χ0n) is 15.0. The van der Waals surface area contributed by atoms with Gasteiger partial charge in [0.25, 0.3) is 0 Å². The number of rotatable bonds is 6. The van der Waals surface area contributed by atoms with Gasteiger partial charge in [-0.1, -0.05) is 66.7 Å². The summed E-state index contributed by atoms with van der Waals surface area (Å²) in [6, 6.07) is 23.1. The first-order valence-corrected chi connectivity index (χ1v) is 8.73. The SMILES string of the molecule is CCOC(=O)C(O)C(c1ccccc1)N(C)c1cccc2ccccc12. The van der Waals surface area contributed by atoms with Crippen molar-refractivity contribution in [1.82, 2.24) is 0 Å². The molecule has 2 unspecified atom stereocenters. The molecular weight excluding hydrogens is 326 g/mol. The molecule has 4 heteroatoms. The average molecular weight is 349 g/mol. The van der Waals surface area contributed by atoms with Crippen LogP contribution in [-0.2, 0) is 9.53 Å². The highest BCUT2D eigenvalue weighted by atomic mass is 16.5. The Balaban J connectivity index is 2.07. The van der Waals surface area contributed by atoms with E-state index in [1.165, 1.54) is 0 Å². The first kappa shape index (κ1) is 18.0. The maximum absolute atomic E-state index is 12.3. The molecule has 0 aliphatic heterocycles. The van der Waals surface area contributed by atoms with Crippen LogP contribution in [0, 0.1) is 0 Å². The number of benzene rings is 3. The minimum Gasteiger partial charge on any atom is -0.464 e. The summed E-state index contributed by atoms with van der Waals surface area (Å²) < 4.78 is 5.06. The van der Waals surface area contributed by atoms with Gasteiger partial charge in [0.15, 0.2) is 6.10 Å². The van der Waals surface area contributed by atoms with E-state index in [4.69, 9.17) is 4.74 Å². The Hall–Kier alpha value is -2.85. The number of esters is 1. The summed E-state index contributed by atoms with van der Waals surface area (Å²) >= 11 is 0. The smallest absolute Gasteiger partial charge is 0.337 e. The summed E-state index contributed by atoms with van der Waals surface area (Å²) in [5.41, 5.74) is 1.80. The van der Waals surface area contributed by atoms with E-state index in [0.717, 1.165) is 22.0 Å². The average Bonchev–Trinajstić information content (AvgIpc) is 2.68. The second-order valence-electron chi connectivity index (χ2n) is 6.16. The van der Waals surface area contributed by atoms with Gasteiger partial charge in [0.1, 0.15) is 0 Å². The largest absolute Gasteiger partial charge is 0.464 e. The molecule has 0 bridgehead atoms. The number of nitrogens with zero attached hydrogens (tertiary/aromatic N) is 1. The third-order valence-corrected chi connectivity index (χ3v) is 4.53. The van der Waals surface area contributed by atoms with Crippen molar-refractivity contribution in [2.75, 3.05) is 18.6 Å². The number of fused-ring (bicyclic) bond motifs is 1. The number of aliphatic hydroxyl groups excluding tert-OH is 1. The lowest BCUT2D eigenvalue weighted by Crippen LogP contribution is -2.39. The van der Waals surface area contributed by atoms with Crippen molar-refractivity contribution < 1.29 is 14.6 Å². The first-order chi connectivity index (χ1) is 12.6. The van der Waals surface area contributed by atoms with E-state index in [9.17, 15) is 9.90 Å². The molecule has 2 atom stereocenters. The lowest BCUT2D eigenvalue weighted by atomic mass is 9.98. The number of hydrogen-bond acceptors (Lipinski definition) is 4. The van der Waals surface area contributed by atoms with Gasteiger partial charge in [0.05, 0.1) is 12.6 Å². The Labute approximate surface area is 153 Å². The van der Waals surface area contributed by atoms with Gasteiger partial charge < -0.3 is 14.7 Å². The van der Waals surface area contributed by atoms with Crippen LogP contribution in [0.1, 0.15) is 18.5 Å². The number of anilines is 1. The van der Waals surface area contributed by atoms with Crippen LogP contribution in [0.2, 0.25) is 0 Å². The Morgan fingerprint density at radius 1 is 1.00 bits per heavy atom. The molecule has 0 amide bonds. The van der Waals surface area contributed by atoms with Crippen LogP contribution < -0.4 is 4.90 Å². The second kappa shape index (κ2) is 8.02. The number of aliphatic hydroxyl groups is 1. The maximum Gasteiger partial charge on any atom is 0.337 e. The van der Waals surface area contributed by atoms with E-state index >= 15 is 0 Å². The number of carbonyl (C=O) groups is 1. The highest BCUT2D eigenvalue weighted by Gasteiger charge is 2.32. The molecule has 26 heavy (non-hydrogen) atoms. The minimum atomic E-state index is -1.29. The van der Waals surface area contributed by atoms with Gasteiger partial charge in [-0.25, -0.2) is 4.79 Å². The van der Waals surface area contributed by atoms with Crippen LogP contribution in [0.5, 0.6) is 0 Å². The quantitative estimate of drug-likeness (QED) is 0.685. The normalized spacial score (nSPS) is 13.2. The molecule has 3 rings (SSSR count). The van der Waals surface area contributed by atoms with Crippen LogP contribution >= 0.6 is 0 Å². The Morgan fingerprint density at radius 3 is 2.38 bits per heavy atom. The van der Waals surface area contributed by atoms with Gasteiger partial charge in [0, 0.05) is 18.1 Å². The van der Waals surface area contributed by atoms with E-state index in [1.807, 2.05) is 84.7 Å². The van der Waals surface area contributed by atoms with Crippen molar-refractivity contribution in [2.45, 2.75) is 19.1 Å². The number of likely N-dealkylation sites (N-methyl/N-ethyl adjacent to an activating group) is 1. The molecule has 0 aliphatic carbocycles. The molecule has 0 saturated heterocycles. The molecular formula is C22H23NO3. The maximum atomic E-state index is 12.3. The summed E-state index contributed by atoms with van der Waals surface area (Å²) in [5, 5.41) is 12.9. The molecule has 0 aliphatic rings. The van der Waals surface area contributed by atoms with Gasteiger partial charge in [-0.2, -0.15) is 0 Å². The molecule has 3 aromatic rings. The molecule has 0 aromatic heterocycles. The predicted octanol–water partition coefficient (Wildman–Crippen LogP) is 3.94. The van der Waals surface area contributed by atoms with E-state index in [2.05, 4.69) is 0 Å². The first-order valence-electron chi connectivity index (χ1n) is 8.73. The monoisotopic (exact) mass is 349 g/mol. The third kappa shape index (κ3) is 3.55. The topological polar surface area (TPSA) is 49.8 Å². The molecule has 3 aromatic carbocycles. The van der Waals surface area contributed by atoms with Crippen LogP contribution in [0.25, 0.3) is 10.8 Å². The second-order valence-corrected chi connectivity index (χ2v) is 6.16. The van der Waals surface area contributed by atoms with Crippen LogP contribution in [0.15, 0.2) is 72.8 Å². The van der Waals surface area contributed by atoms with Crippen molar-refractivity contribution in [3.05, 3.63) is 78.4 Å². The fraction of sp³-hybridized carbons (Fsp3) is 0.227. The van der Waals surface area contributed by atoms with Crippen molar-refractivity contribution in [1.29, 1.82) is 0 Å². The van der Waals surface area contributed by atoms with Crippen LogP contribution in [0.3, 0.4) is 0 Å². The van der Waals surface area contributed by atoms with Gasteiger partial charge in [-0.15, -0.1) is 0 Å². The molecule has 0 spiro atoms. The van der Waals surface area contributed by atoms with Crippen molar-refractivity contribution in [3.63, 3.8) is 0 Å². The third-order valence-electron chi connectivity index (χ3n) is 4.53. The van der Waals surface area contributed by atoms with Gasteiger partial charge in [-0.3, -0.25) is 0 Å². The van der Waals surface area contributed by atoms with E-state index < -0.39 is 18.1 Å². The number of carbonyl (C=O) groups excluding carboxylic acids is 1. The fourth-order valence-electron chi connectivity index (χ4n) is 3.29. The van der Waals surface area contributed by atoms with Crippen LogP contribution in [-0.4, -0.2) is 30.8 Å². The van der Waals surface area contributed by atoms with Crippen molar-refractivity contribution in [3.8, 4) is 0 Å². The summed E-state index contributed by atoms with van der Waals surface area (Å²) in [6.07, 6.45) is -1.29. The minimum absolute atomic E-state index is 0.232. The van der Waals surface area contributed by atoms with E-state index in [-0.39, 0.29) is 6.61 Å². The molecule has 0 heterocycles. The summed E-state index contributed by atoms with van der Waals surface area (Å²) in [6.45, 7) is 1.96. The zero-order valence-corrected chi connectivity index (χ0v) is 15.0. The summed E-state index contributed by atoms with van der Waals surface area (Å²) in [5.74, 6) is -0.617. The standard InChI is InChI=1S/C22H23NO3/c1-3-26-22(25)21(24)20(17-11-5-4-6-12-17)23(2)19-15-9-13-16-10-7-8-14-18(16)19/h4-15,20-21,24H,3H2,1-2H3. The van der Waals surface area contributed by atoms with Gasteiger partial charge >= 0.3 is 5.97 Å². The molecule has 0 fully saturated rings. The Bertz CT molecular complexity index is 873. The highest BCUT2D eigenvalue weighted by Crippen LogP contribution is 2.33. The molecule has 0 radical (unpaired) electrons. The number of ether oxygens (including phenoxy) is 1. The van der Waals surface area contributed by atoms with Crippen molar-refractivity contribution >= 4 is 22.4 Å². The lowest BCUT2D eigenvalue weighted by molar-refractivity contribution is -0.154. The predicted molar refractivity (Wildman–Crippen MR) is 104 cm³/mol. The summed E-state index contributed by atoms with van der Waals surface area (Å²) in [4.78, 5) is 14.2. The number of hydrogen-bond donors (Lipinski definition) is 1. The molecule has 1 N–H and O–H groups in total. The van der Waals surface area contributed by atoms with E-state index in [0.29, 0.717) is 0 Å². The Morgan fingerprint density at radius 2 is 1.65 bits per heavy atom. The van der Waals surface area contributed by atoms with Gasteiger partial charge in [0.2, 0.25) is 0 Å². The van der Waals surface area contributed by atoms with Gasteiger partial charge in [-0.05, 0) is 23.9 Å². The van der Waals surface area contributed by atoms with Crippen LogP contribution in [0.4, 0.5) is 5.69 Å². The molecule has 134 valence electrons. The van der Waals surface area contributed by atoms with Crippen molar-refractivity contribution in [2.24, 2.45) is 0 Å². The lowest BCUT2D eigenvalue weighted by Gasteiger charge is -2.33. The fourth-order valence-corrected chi connectivity index (χ4v) is 3.29. The molecule has 4 nitrogen and oxygen atoms in total. The highest BCUT2D eigenvalue weighted by molar-refractivity contribution is 5.94. The summed E-state index contributed by atoms with van der Waals surface area (Å²) in [7, 11) is 1.89. The van der Waals surface area contributed by atoms with E-state index in [1.54, 1.807) is 6.92 Å².